The number of anilines is 1. The number of nitrogens with one attached hydrogen (secondary N) is 1. The van der Waals surface area contributed by atoms with Crippen molar-refractivity contribution in [2.45, 2.75) is 26.4 Å². The monoisotopic (exact) mass is 417 g/mol. The van der Waals surface area contributed by atoms with Gasteiger partial charge in [0.25, 0.3) is 5.91 Å². The Morgan fingerprint density at radius 1 is 1.21 bits per heavy atom. The zero-order chi connectivity index (χ0) is 21.2. The molecule has 2 aromatic rings. The van der Waals surface area contributed by atoms with Gasteiger partial charge >= 0.3 is 5.97 Å². The van der Waals surface area contributed by atoms with Gasteiger partial charge in [0.1, 0.15) is 0 Å². The Hall–Kier alpha value is -2.99. The molecule has 0 fully saturated rings. The molecule has 0 unspecified atom stereocenters. The van der Waals surface area contributed by atoms with E-state index in [4.69, 9.17) is 25.8 Å². The van der Waals surface area contributed by atoms with Gasteiger partial charge in [0.05, 0.1) is 18.7 Å². The van der Waals surface area contributed by atoms with E-state index in [1.54, 1.807) is 36.4 Å². The summed E-state index contributed by atoms with van der Waals surface area (Å²) in [5.74, 6) is -0.140. The second-order valence-electron chi connectivity index (χ2n) is 6.15. The molecule has 0 heterocycles. The maximum Gasteiger partial charge on any atom is 0.331 e. The second kappa shape index (κ2) is 11.1. The first-order chi connectivity index (χ1) is 13.9. The molecular weight excluding hydrogens is 394 g/mol. The summed E-state index contributed by atoms with van der Waals surface area (Å²) in [4.78, 5) is 24.2. The molecule has 1 atom stereocenters. The predicted molar refractivity (Wildman–Crippen MR) is 113 cm³/mol. The molecule has 2 aromatic carbocycles. The van der Waals surface area contributed by atoms with Crippen molar-refractivity contribution >= 4 is 35.2 Å². The third kappa shape index (κ3) is 6.84. The summed E-state index contributed by atoms with van der Waals surface area (Å²) in [6.07, 6.45) is 2.64. The van der Waals surface area contributed by atoms with Crippen molar-refractivity contribution in [3.63, 3.8) is 0 Å². The average molecular weight is 418 g/mol. The van der Waals surface area contributed by atoms with Crippen LogP contribution in [0.1, 0.15) is 25.8 Å². The summed E-state index contributed by atoms with van der Waals surface area (Å²) in [6.45, 7) is 4.01. The highest BCUT2D eigenvalue weighted by Gasteiger charge is 2.17. The lowest BCUT2D eigenvalue weighted by molar-refractivity contribution is -0.148. The fourth-order valence-corrected chi connectivity index (χ4v) is 2.65. The van der Waals surface area contributed by atoms with Crippen LogP contribution in [0.5, 0.6) is 11.5 Å². The second-order valence-corrected chi connectivity index (χ2v) is 6.56. The Labute approximate surface area is 175 Å². The van der Waals surface area contributed by atoms with Crippen molar-refractivity contribution in [2.24, 2.45) is 0 Å². The smallest absolute Gasteiger partial charge is 0.331 e. The zero-order valence-electron chi connectivity index (χ0n) is 16.6. The Morgan fingerprint density at radius 3 is 2.59 bits per heavy atom. The standard InChI is InChI=1S/C22H24ClNO5/c1-4-12-28-21-18(23)13-16(14-19(21)27-3)10-11-20(25)29-15(2)22(26)24-17-8-6-5-7-9-17/h5-11,13-15H,4,12H2,1-3H3,(H,24,26)/b11-10+/t15-/m1/s1. The summed E-state index contributed by atoms with van der Waals surface area (Å²) < 4.78 is 16.1. The number of hydrogen-bond acceptors (Lipinski definition) is 5. The van der Waals surface area contributed by atoms with E-state index < -0.39 is 18.0 Å². The minimum atomic E-state index is -0.949. The number of rotatable bonds is 9. The zero-order valence-corrected chi connectivity index (χ0v) is 17.4. The summed E-state index contributed by atoms with van der Waals surface area (Å²) in [5, 5.41) is 3.05. The first kappa shape index (κ1) is 22.3. The van der Waals surface area contributed by atoms with Crippen LogP contribution in [0.25, 0.3) is 6.08 Å². The molecule has 0 radical (unpaired) electrons. The Morgan fingerprint density at radius 2 is 1.93 bits per heavy atom. The van der Waals surface area contributed by atoms with Crippen molar-refractivity contribution in [3.05, 3.63) is 59.1 Å². The quantitative estimate of drug-likeness (QED) is 0.472. The van der Waals surface area contributed by atoms with Gasteiger partial charge in [0.2, 0.25) is 0 Å². The molecule has 0 saturated carbocycles. The molecule has 7 heteroatoms. The number of methoxy groups -OCH3 is 1. The lowest BCUT2D eigenvalue weighted by Crippen LogP contribution is -2.29. The number of carbonyl (C=O) groups is 2. The molecule has 0 aliphatic heterocycles. The Kier molecular flexibility index (Phi) is 8.55. The van der Waals surface area contributed by atoms with Gasteiger partial charge in [0.15, 0.2) is 17.6 Å². The van der Waals surface area contributed by atoms with Crippen LogP contribution in [0.2, 0.25) is 5.02 Å². The predicted octanol–water partition coefficient (Wildman–Crippen LogP) is 4.72. The number of benzene rings is 2. The van der Waals surface area contributed by atoms with E-state index in [0.717, 1.165) is 6.42 Å². The lowest BCUT2D eigenvalue weighted by atomic mass is 10.2. The minimum absolute atomic E-state index is 0.376. The van der Waals surface area contributed by atoms with Crippen LogP contribution >= 0.6 is 11.6 Å². The van der Waals surface area contributed by atoms with Gasteiger partial charge in [-0.05, 0) is 49.2 Å². The van der Waals surface area contributed by atoms with E-state index in [0.29, 0.717) is 34.4 Å². The van der Waals surface area contributed by atoms with Crippen molar-refractivity contribution in [1.29, 1.82) is 0 Å². The van der Waals surface area contributed by atoms with Gasteiger partial charge in [0, 0.05) is 11.8 Å². The minimum Gasteiger partial charge on any atom is -0.493 e. The summed E-state index contributed by atoms with van der Waals surface area (Å²) in [5.41, 5.74) is 1.26. The molecule has 1 amide bonds. The van der Waals surface area contributed by atoms with Crippen LogP contribution in [0.3, 0.4) is 0 Å². The van der Waals surface area contributed by atoms with Crippen LogP contribution in [0, 0.1) is 0 Å². The highest BCUT2D eigenvalue weighted by Crippen LogP contribution is 2.36. The molecule has 0 spiro atoms. The third-order valence-electron chi connectivity index (χ3n) is 3.82. The van der Waals surface area contributed by atoms with Gasteiger partial charge in [-0.1, -0.05) is 36.7 Å². The highest BCUT2D eigenvalue weighted by molar-refractivity contribution is 6.32. The Bertz CT molecular complexity index is 867. The van der Waals surface area contributed by atoms with Crippen LogP contribution in [-0.4, -0.2) is 31.7 Å². The van der Waals surface area contributed by atoms with E-state index >= 15 is 0 Å². The number of hydrogen-bond donors (Lipinski definition) is 1. The van der Waals surface area contributed by atoms with Crippen molar-refractivity contribution in [2.75, 3.05) is 19.0 Å². The maximum atomic E-state index is 12.1. The number of carbonyl (C=O) groups excluding carboxylic acids is 2. The molecule has 0 aromatic heterocycles. The molecule has 0 saturated heterocycles. The molecule has 0 bridgehead atoms. The fraction of sp³-hybridized carbons (Fsp3) is 0.273. The number of halogens is 1. The van der Waals surface area contributed by atoms with E-state index in [1.165, 1.54) is 26.2 Å². The number of para-hydroxylation sites is 1. The molecule has 154 valence electrons. The first-order valence-electron chi connectivity index (χ1n) is 9.19. The van der Waals surface area contributed by atoms with E-state index in [2.05, 4.69) is 5.32 Å². The topological polar surface area (TPSA) is 73.9 Å². The van der Waals surface area contributed by atoms with Crippen LogP contribution in [0.4, 0.5) is 5.69 Å². The molecule has 0 aliphatic rings. The number of amides is 1. The number of ether oxygens (including phenoxy) is 3. The van der Waals surface area contributed by atoms with E-state index in [-0.39, 0.29) is 0 Å². The average Bonchev–Trinajstić information content (AvgIpc) is 2.71. The fourth-order valence-electron chi connectivity index (χ4n) is 2.38. The van der Waals surface area contributed by atoms with Crippen molar-refractivity contribution < 1.29 is 23.8 Å². The highest BCUT2D eigenvalue weighted by atomic mass is 35.5. The molecular formula is C22H24ClNO5. The molecule has 0 aliphatic carbocycles. The summed E-state index contributed by atoms with van der Waals surface area (Å²) in [7, 11) is 1.51. The summed E-state index contributed by atoms with van der Waals surface area (Å²) >= 11 is 6.26. The van der Waals surface area contributed by atoms with Crippen molar-refractivity contribution in [3.8, 4) is 11.5 Å². The lowest BCUT2D eigenvalue weighted by Gasteiger charge is -2.13. The van der Waals surface area contributed by atoms with Gasteiger partial charge < -0.3 is 19.5 Å². The third-order valence-corrected chi connectivity index (χ3v) is 4.10. The molecule has 29 heavy (non-hydrogen) atoms. The van der Waals surface area contributed by atoms with E-state index in [9.17, 15) is 9.59 Å². The van der Waals surface area contributed by atoms with Crippen molar-refractivity contribution in [1.82, 2.24) is 0 Å². The normalized spacial score (nSPS) is 11.7. The number of esters is 1. The van der Waals surface area contributed by atoms with Gasteiger partial charge in [-0.2, -0.15) is 0 Å². The summed E-state index contributed by atoms with van der Waals surface area (Å²) in [6, 6.07) is 12.3. The largest absolute Gasteiger partial charge is 0.493 e. The van der Waals surface area contributed by atoms with Gasteiger partial charge in [-0.3, -0.25) is 4.79 Å². The van der Waals surface area contributed by atoms with Crippen LogP contribution < -0.4 is 14.8 Å². The van der Waals surface area contributed by atoms with Crippen LogP contribution in [0.15, 0.2) is 48.5 Å². The SMILES string of the molecule is CCCOc1c(Cl)cc(/C=C/C(=O)O[C@H](C)C(=O)Nc2ccccc2)cc1OC. The molecule has 6 nitrogen and oxygen atoms in total. The Balaban J connectivity index is 1.99. The van der Waals surface area contributed by atoms with Gasteiger partial charge in [-0.25, -0.2) is 4.79 Å². The van der Waals surface area contributed by atoms with Gasteiger partial charge in [-0.15, -0.1) is 0 Å². The van der Waals surface area contributed by atoms with E-state index in [1.807, 2.05) is 13.0 Å². The van der Waals surface area contributed by atoms with Crippen LogP contribution in [-0.2, 0) is 14.3 Å². The maximum absolute atomic E-state index is 12.1. The molecule has 2 rings (SSSR count). The first-order valence-corrected chi connectivity index (χ1v) is 9.57. The molecule has 1 N–H and O–H groups in total.